The molecule has 0 radical (unpaired) electrons. The lowest BCUT2D eigenvalue weighted by atomic mass is 10.2. The molecule has 0 saturated heterocycles. The third-order valence-corrected chi connectivity index (χ3v) is 4.51. The van der Waals surface area contributed by atoms with Crippen molar-refractivity contribution >= 4 is 29.3 Å². The second kappa shape index (κ2) is 9.83. The first kappa shape index (κ1) is 19.0. The smallest absolute Gasteiger partial charge is 0.251 e. The van der Waals surface area contributed by atoms with Crippen molar-refractivity contribution in [1.29, 1.82) is 0 Å². The number of aromatic nitrogens is 3. The molecular formula is C17H23N5O2S. The Bertz CT molecular complexity index is 717. The average Bonchev–Trinajstić information content (AvgIpc) is 3.02. The van der Waals surface area contributed by atoms with E-state index in [0.717, 1.165) is 19.3 Å². The number of thioether (sulfide) groups is 1. The highest BCUT2D eigenvalue weighted by Crippen LogP contribution is 2.15. The van der Waals surface area contributed by atoms with Gasteiger partial charge in [0.25, 0.3) is 5.91 Å². The van der Waals surface area contributed by atoms with Gasteiger partial charge in [-0.3, -0.25) is 9.59 Å². The predicted octanol–water partition coefficient (Wildman–Crippen LogP) is 2.47. The fourth-order valence-electron chi connectivity index (χ4n) is 2.15. The first-order valence-corrected chi connectivity index (χ1v) is 9.23. The lowest BCUT2D eigenvalue weighted by molar-refractivity contribution is -0.113. The van der Waals surface area contributed by atoms with E-state index in [9.17, 15) is 9.59 Å². The van der Waals surface area contributed by atoms with Crippen LogP contribution in [0, 0.1) is 0 Å². The van der Waals surface area contributed by atoms with Gasteiger partial charge in [-0.2, -0.15) is 0 Å². The van der Waals surface area contributed by atoms with Gasteiger partial charge in [0, 0.05) is 24.8 Å². The van der Waals surface area contributed by atoms with E-state index in [1.807, 2.05) is 7.05 Å². The Morgan fingerprint density at radius 1 is 1.28 bits per heavy atom. The van der Waals surface area contributed by atoms with Crippen molar-refractivity contribution < 1.29 is 9.59 Å². The van der Waals surface area contributed by atoms with Crippen molar-refractivity contribution in [3.63, 3.8) is 0 Å². The molecule has 0 saturated carbocycles. The van der Waals surface area contributed by atoms with E-state index in [2.05, 4.69) is 27.8 Å². The Balaban J connectivity index is 1.84. The SMILES string of the molecule is CCCCCNC(=O)c1cccc(NC(=O)CSc2nncn2C)c1. The summed E-state index contributed by atoms with van der Waals surface area (Å²) in [5.74, 6) is -0.0610. The fourth-order valence-corrected chi connectivity index (χ4v) is 2.84. The lowest BCUT2D eigenvalue weighted by Crippen LogP contribution is -2.24. The highest BCUT2D eigenvalue weighted by molar-refractivity contribution is 7.99. The molecule has 2 rings (SSSR count). The van der Waals surface area contributed by atoms with Crippen molar-refractivity contribution in [2.24, 2.45) is 7.05 Å². The molecule has 0 bridgehead atoms. The summed E-state index contributed by atoms with van der Waals surface area (Å²) in [7, 11) is 1.82. The Morgan fingerprint density at radius 2 is 2.12 bits per heavy atom. The number of hydrogen-bond acceptors (Lipinski definition) is 5. The fraction of sp³-hybridized carbons (Fsp3) is 0.412. The number of anilines is 1. The standard InChI is InChI=1S/C17H23N5O2S/c1-3-4-5-9-18-16(24)13-7-6-8-14(10-13)20-15(23)11-25-17-21-19-12-22(17)2/h6-8,10,12H,3-5,9,11H2,1-2H3,(H,18,24)(H,20,23). The summed E-state index contributed by atoms with van der Waals surface area (Å²) in [6, 6.07) is 6.93. The van der Waals surface area contributed by atoms with Gasteiger partial charge in [-0.25, -0.2) is 0 Å². The monoisotopic (exact) mass is 361 g/mol. The van der Waals surface area contributed by atoms with Gasteiger partial charge in [0.05, 0.1) is 5.75 Å². The molecule has 0 atom stereocenters. The molecule has 2 amide bonds. The molecular weight excluding hydrogens is 338 g/mol. The van der Waals surface area contributed by atoms with Crippen LogP contribution in [0.4, 0.5) is 5.69 Å². The number of amides is 2. The lowest BCUT2D eigenvalue weighted by Gasteiger charge is -2.08. The number of benzene rings is 1. The van der Waals surface area contributed by atoms with Gasteiger partial charge in [0.2, 0.25) is 5.91 Å². The number of unbranched alkanes of at least 4 members (excludes halogenated alkanes) is 2. The molecule has 0 fully saturated rings. The van der Waals surface area contributed by atoms with Gasteiger partial charge < -0.3 is 15.2 Å². The maximum absolute atomic E-state index is 12.1. The molecule has 8 heteroatoms. The maximum atomic E-state index is 12.1. The summed E-state index contributed by atoms with van der Waals surface area (Å²) in [6.07, 6.45) is 4.77. The average molecular weight is 361 g/mol. The second-order valence-electron chi connectivity index (χ2n) is 5.61. The van der Waals surface area contributed by atoms with Crippen LogP contribution in [-0.4, -0.2) is 38.9 Å². The molecule has 1 heterocycles. The molecule has 2 aromatic rings. The quantitative estimate of drug-likeness (QED) is 0.529. The van der Waals surface area contributed by atoms with Gasteiger partial charge in [0.15, 0.2) is 5.16 Å². The Hall–Kier alpha value is -2.35. The predicted molar refractivity (Wildman–Crippen MR) is 98.7 cm³/mol. The molecule has 0 spiro atoms. The number of hydrogen-bond donors (Lipinski definition) is 2. The van der Waals surface area contributed by atoms with E-state index >= 15 is 0 Å². The highest BCUT2D eigenvalue weighted by Gasteiger charge is 2.09. The summed E-state index contributed by atoms with van der Waals surface area (Å²) in [5, 5.41) is 14.0. The van der Waals surface area contributed by atoms with E-state index in [1.165, 1.54) is 11.8 Å². The summed E-state index contributed by atoms with van der Waals surface area (Å²) in [4.78, 5) is 24.2. The third kappa shape index (κ3) is 6.22. The molecule has 7 nitrogen and oxygen atoms in total. The molecule has 134 valence electrons. The molecule has 25 heavy (non-hydrogen) atoms. The van der Waals surface area contributed by atoms with Crippen molar-refractivity contribution in [2.75, 3.05) is 17.6 Å². The molecule has 1 aromatic carbocycles. The van der Waals surface area contributed by atoms with Crippen molar-refractivity contribution in [3.05, 3.63) is 36.2 Å². The van der Waals surface area contributed by atoms with Crippen LogP contribution >= 0.6 is 11.8 Å². The van der Waals surface area contributed by atoms with Gasteiger partial charge in [-0.05, 0) is 24.6 Å². The minimum atomic E-state index is -0.159. The first-order valence-electron chi connectivity index (χ1n) is 8.25. The summed E-state index contributed by atoms with van der Waals surface area (Å²) < 4.78 is 1.75. The summed E-state index contributed by atoms with van der Waals surface area (Å²) in [5.41, 5.74) is 1.14. The third-order valence-electron chi connectivity index (χ3n) is 3.48. The number of nitrogens with one attached hydrogen (secondary N) is 2. The molecule has 0 unspecified atom stereocenters. The number of aryl methyl sites for hydroxylation is 1. The van der Waals surface area contributed by atoms with Crippen LogP contribution < -0.4 is 10.6 Å². The minimum absolute atomic E-state index is 0.124. The molecule has 0 aliphatic heterocycles. The van der Waals surface area contributed by atoms with Crippen molar-refractivity contribution in [2.45, 2.75) is 31.3 Å². The molecule has 1 aromatic heterocycles. The van der Waals surface area contributed by atoms with Crippen LogP contribution in [-0.2, 0) is 11.8 Å². The van der Waals surface area contributed by atoms with E-state index in [-0.39, 0.29) is 17.6 Å². The van der Waals surface area contributed by atoms with Gasteiger partial charge >= 0.3 is 0 Å². The largest absolute Gasteiger partial charge is 0.352 e. The van der Waals surface area contributed by atoms with Crippen molar-refractivity contribution in [1.82, 2.24) is 20.1 Å². The molecule has 0 aliphatic carbocycles. The Labute approximate surface area is 151 Å². The van der Waals surface area contributed by atoms with E-state index in [4.69, 9.17) is 0 Å². The van der Waals surface area contributed by atoms with Crippen LogP contribution in [0.15, 0.2) is 35.7 Å². The Kier molecular flexibility index (Phi) is 7.46. The zero-order valence-corrected chi connectivity index (χ0v) is 15.3. The topological polar surface area (TPSA) is 88.9 Å². The number of carbonyl (C=O) groups excluding carboxylic acids is 2. The van der Waals surface area contributed by atoms with Gasteiger partial charge in [-0.15, -0.1) is 10.2 Å². The number of carbonyl (C=O) groups is 2. The maximum Gasteiger partial charge on any atom is 0.251 e. The van der Waals surface area contributed by atoms with E-state index < -0.39 is 0 Å². The number of rotatable bonds is 9. The highest BCUT2D eigenvalue weighted by atomic mass is 32.2. The first-order chi connectivity index (χ1) is 12.1. The Morgan fingerprint density at radius 3 is 2.84 bits per heavy atom. The minimum Gasteiger partial charge on any atom is -0.352 e. The summed E-state index contributed by atoms with van der Waals surface area (Å²) in [6.45, 7) is 2.79. The summed E-state index contributed by atoms with van der Waals surface area (Å²) >= 11 is 1.31. The normalized spacial score (nSPS) is 10.5. The van der Waals surface area contributed by atoms with Crippen LogP contribution in [0.1, 0.15) is 36.5 Å². The van der Waals surface area contributed by atoms with Gasteiger partial charge in [-0.1, -0.05) is 37.6 Å². The molecule has 2 N–H and O–H groups in total. The molecule has 0 aliphatic rings. The van der Waals surface area contributed by atoms with E-state index in [1.54, 1.807) is 35.2 Å². The second-order valence-corrected chi connectivity index (χ2v) is 6.55. The number of nitrogens with zero attached hydrogens (tertiary/aromatic N) is 3. The van der Waals surface area contributed by atoms with Crippen LogP contribution in [0.25, 0.3) is 0 Å². The van der Waals surface area contributed by atoms with Crippen LogP contribution in [0.3, 0.4) is 0 Å². The van der Waals surface area contributed by atoms with Crippen LogP contribution in [0.5, 0.6) is 0 Å². The zero-order valence-electron chi connectivity index (χ0n) is 14.5. The zero-order chi connectivity index (χ0) is 18.1. The van der Waals surface area contributed by atoms with Gasteiger partial charge in [0.1, 0.15) is 6.33 Å². The van der Waals surface area contributed by atoms with Crippen molar-refractivity contribution in [3.8, 4) is 0 Å². The van der Waals surface area contributed by atoms with Crippen LogP contribution in [0.2, 0.25) is 0 Å². The van der Waals surface area contributed by atoms with E-state index in [0.29, 0.717) is 23.0 Å².